The van der Waals surface area contributed by atoms with E-state index in [1.54, 1.807) is 11.1 Å². The van der Waals surface area contributed by atoms with Crippen molar-refractivity contribution in [3.63, 3.8) is 0 Å². The fourth-order valence-electron chi connectivity index (χ4n) is 6.89. The molecule has 1 atom stereocenters. The summed E-state index contributed by atoms with van der Waals surface area (Å²) >= 11 is 0. The molecular weight excluding hydrogens is 530 g/mol. The molecule has 9 nitrogen and oxygen atoms in total. The number of rotatable bonds is 7. The van der Waals surface area contributed by atoms with Gasteiger partial charge in [-0.2, -0.15) is 0 Å². The van der Waals surface area contributed by atoms with Crippen molar-refractivity contribution in [2.24, 2.45) is 5.41 Å². The highest BCUT2D eigenvalue weighted by molar-refractivity contribution is 6.06. The number of carbonyl (C=O) groups is 3. The van der Waals surface area contributed by atoms with Gasteiger partial charge in [-0.25, -0.2) is 4.98 Å². The number of benzene rings is 2. The van der Waals surface area contributed by atoms with Crippen LogP contribution in [0, 0.1) is 5.41 Å². The number of nitrogens with zero attached hydrogens (tertiary/aromatic N) is 4. The third-order valence-electron chi connectivity index (χ3n) is 9.32. The predicted molar refractivity (Wildman–Crippen MR) is 157 cm³/mol. The van der Waals surface area contributed by atoms with Crippen molar-refractivity contribution in [1.29, 1.82) is 0 Å². The SMILES string of the molecule is O=C1CCC(N2Cc3c(cccc3N3CC4(CCN(Cc5ccc(COc6ccccn6)cc5)CC4)C3)C2=O)C(=O)N1. The lowest BCUT2D eigenvalue weighted by Gasteiger charge is -2.55. The van der Waals surface area contributed by atoms with Crippen LogP contribution in [0.3, 0.4) is 0 Å². The minimum atomic E-state index is -0.585. The predicted octanol–water partition coefficient (Wildman–Crippen LogP) is 3.52. The second kappa shape index (κ2) is 10.9. The van der Waals surface area contributed by atoms with Crippen LogP contribution in [0.4, 0.5) is 5.69 Å². The van der Waals surface area contributed by atoms with Gasteiger partial charge in [0, 0.05) is 67.1 Å². The van der Waals surface area contributed by atoms with E-state index in [0.29, 0.717) is 36.4 Å². The molecular formula is C33H35N5O4. The zero-order valence-electron chi connectivity index (χ0n) is 23.6. The topological polar surface area (TPSA) is 95.1 Å². The Hall–Kier alpha value is -4.24. The number of nitrogens with one attached hydrogen (secondary N) is 1. The van der Waals surface area contributed by atoms with Crippen LogP contribution in [0.25, 0.3) is 0 Å². The summed E-state index contributed by atoms with van der Waals surface area (Å²) in [6.07, 6.45) is 4.71. The molecule has 3 aromatic rings. The maximum absolute atomic E-state index is 13.2. The number of pyridine rings is 1. The third-order valence-corrected chi connectivity index (χ3v) is 9.32. The first-order valence-corrected chi connectivity index (χ1v) is 14.8. The molecule has 42 heavy (non-hydrogen) atoms. The number of anilines is 1. The molecule has 3 fully saturated rings. The zero-order valence-corrected chi connectivity index (χ0v) is 23.6. The summed E-state index contributed by atoms with van der Waals surface area (Å²) in [5, 5.41) is 2.39. The zero-order chi connectivity index (χ0) is 28.7. The van der Waals surface area contributed by atoms with Crippen LogP contribution in [-0.2, 0) is 29.3 Å². The number of hydrogen-bond acceptors (Lipinski definition) is 7. The molecule has 4 aliphatic heterocycles. The van der Waals surface area contributed by atoms with E-state index < -0.39 is 6.04 Å². The minimum Gasteiger partial charge on any atom is -0.473 e. The van der Waals surface area contributed by atoms with Crippen LogP contribution in [-0.4, -0.2) is 64.7 Å². The second-order valence-corrected chi connectivity index (χ2v) is 12.1. The van der Waals surface area contributed by atoms with Gasteiger partial charge < -0.3 is 14.5 Å². The van der Waals surface area contributed by atoms with Crippen molar-refractivity contribution in [3.8, 4) is 5.88 Å². The molecule has 0 bridgehead atoms. The molecule has 1 aromatic heterocycles. The number of piperidine rings is 2. The van der Waals surface area contributed by atoms with E-state index in [-0.39, 0.29) is 24.1 Å². The normalized spacial score (nSPS) is 21.7. The van der Waals surface area contributed by atoms with Crippen molar-refractivity contribution in [2.45, 2.75) is 51.4 Å². The molecule has 1 spiro atoms. The van der Waals surface area contributed by atoms with E-state index in [2.05, 4.69) is 50.4 Å². The van der Waals surface area contributed by atoms with Gasteiger partial charge in [-0.05, 0) is 61.7 Å². The molecule has 2 aromatic carbocycles. The van der Waals surface area contributed by atoms with E-state index in [9.17, 15) is 14.4 Å². The van der Waals surface area contributed by atoms with Gasteiger partial charge in [-0.3, -0.25) is 24.6 Å². The van der Waals surface area contributed by atoms with Gasteiger partial charge >= 0.3 is 0 Å². The molecule has 7 rings (SSSR count). The van der Waals surface area contributed by atoms with Crippen LogP contribution < -0.4 is 15.0 Å². The highest BCUT2D eigenvalue weighted by Crippen LogP contribution is 2.45. The lowest BCUT2D eigenvalue weighted by Crippen LogP contribution is -2.60. The van der Waals surface area contributed by atoms with E-state index in [0.717, 1.165) is 62.4 Å². The minimum absolute atomic E-state index is 0.112. The fourth-order valence-corrected chi connectivity index (χ4v) is 6.89. The van der Waals surface area contributed by atoms with Gasteiger partial charge in [0.2, 0.25) is 17.7 Å². The Morgan fingerprint density at radius 2 is 1.71 bits per heavy atom. The van der Waals surface area contributed by atoms with Gasteiger partial charge in [0.15, 0.2) is 0 Å². The first-order chi connectivity index (χ1) is 20.5. The summed E-state index contributed by atoms with van der Waals surface area (Å²) in [6, 6.07) is 19.7. The number of aromatic nitrogens is 1. The molecule has 1 N–H and O–H groups in total. The summed E-state index contributed by atoms with van der Waals surface area (Å²) in [6.45, 7) is 6.02. The summed E-state index contributed by atoms with van der Waals surface area (Å²) in [4.78, 5) is 48.1. The number of carbonyl (C=O) groups excluding carboxylic acids is 3. The maximum Gasteiger partial charge on any atom is 0.255 e. The number of amides is 3. The average molecular weight is 566 g/mol. The van der Waals surface area contributed by atoms with Crippen molar-refractivity contribution < 1.29 is 19.1 Å². The van der Waals surface area contributed by atoms with Crippen LogP contribution in [0.5, 0.6) is 5.88 Å². The van der Waals surface area contributed by atoms with Crippen LogP contribution >= 0.6 is 0 Å². The van der Waals surface area contributed by atoms with E-state index in [1.807, 2.05) is 30.3 Å². The summed E-state index contributed by atoms with van der Waals surface area (Å²) in [7, 11) is 0. The summed E-state index contributed by atoms with van der Waals surface area (Å²) in [5.74, 6) is -0.107. The molecule has 5 heterocycles. The number of hydrogen-bond donors (Lipinski definition) is 1. The van der Waals surface area contributed by atoms with Crippen LogP contribution in [0.2, 0.25) is 0 Å². The van der Waals surface area contributed by atoms with Crippen molar-refractivity contribution >= 4 is 23.4 Å². The largest absolute Gasteiger partial charge is 0.473 e. The Kier molecular flexibility index (Phi) is 6.90. The molecule has 3 saturated heterocycles. The van der Waals surface area contributed by atoms with Crippen molar-refractivity contribution in [3.05, 3.63) is 89.1 Å². The first-order valence-electron chi connectivity index (χ1n) is 14.8. The Morgan fingerprint density at radius 1 is 0.929 bits per heavy atom. The average Bonchev–Trinajstić information content (AvgIpc) is 3.33. The second-order valence-electron chi connectivity index (χ2n) is 12.1. The van der Waals surface area contributed by atoms with Crippen LogP contribution in [0.15, 0.2) is 66.9 Å². The molecule has 216 valence electrons. The molecule has 1 unspecified atom stereocenters. The lowest BCUT2D eigenvalue weighted by molar-refractivity contribution is -0.136. The molecule has 4 aliphatic rings. The molecule has 3 amide bonds. The van der Waals surface area contributed by atoms with E-state index in [4.69, 9.17) is 4.74 Å². The Labute approximate surface area is 245 Å². The highest BCUT2D eigenvalue weighted by Gasteiger charge is 2.47. The smallest absolute Gasteiger partial charge is 0.255 e. The fraction of sp³-hybridized carbons (Fsp3) is 0.394. The third kappa shape index (κ3) is 5.13. The Balaban J connectivity index is 0.918. The lowest BCUT2D eigenvalue weighted by atomic mass is 9.71. The van der Waals surface area contributed by atoms with Gasteiger partial charge in [-0.15, -0.1) is 0 Å². The van der Waals surface area contributed by atoms with Crippen molar-refractivity contribution in [1.82, 2.24) is 20.1 Å². The molecule has 0 aliphatic carbocycles. The Morgan fingerprint density at radius 3 is 2.45 bits per heavy atom. The molecule has 9 heteroatoms. The summed E-state index contributed by atoms with van der Waals surface area (Å²) < 4.78 is 5.76. The molecule has 0 saturated carbocycles. The van der Waals surface area contributed by atoms with E-state index in [1.165, 1.54) is 5.56 Å². The van der Waals surface area contributed by atoms with Gasteiger partial charge in [-0.1, -0.05) is 36.4 Å². The first kappa shape index (κ1) is 26.6. The van der Waals surface area contributed by atoms with Gasteiger partial charge in [0.1, 0.15) is 12.6 Å². The highest BCUT2D eigenvalue weighted by atomic mass is 16.5. The summed E-state index contributed by atoms with van der Waals surface area (Å²) in [5.41, 5.74) is 5.56. The Bertz CT molecular complexity index is 1490. The maximum atomic E-state index is 13.2. The number of ether oxygens (including phenoxy) is 1. The number of likely N-dealkylation sites (tertiary alicyclic amines) is 1. The van der Waals surface area contributed by atoms with E-state index >= 15 is 0 Å². The van der Waals surface area contributed by atoms with Gasteiger partial charge in [0.05, 0.1) is 0 Å². The van der Waals surface area contributed by atoms with Gasteiger partial charge in [0.25, 0.3) is 5.91 Å². The standard InChI is InChI=1S/C33H35N5O4/c39-29-12-11-28(31(40)35-29)38-19-26-25(32(38)41)4-3-5-27(26)37-21-33(22-37)13-16-36(17-14-33)18-23-7-9-24(10-8-23)20-42-30-6-1-2-15-34-30/h1-10,15,28H,11-14,16-22H2,(H,35,39,40). The number of fused-ring (bicyclic) bond motifs is 1. The van der Waals surface area contributed by atoms with Crippen molar-refractivity contribution in [2.75, 3.05) is 31.1 Å². The molecule has 0 radical (unpaired) electrons. The quantitative estimate of drug-likeness (QED) is 0.438. The number of imide groups is 1. The monoisotopic (exact) mass is 565 g/mol. The van der Waals surface area contributed by atoms with Crippen LogP contribution in [0.1, 0.15) is 52.7 Å².